The summed E-state index contributed by atoms with van der Waals surface area (Å²) in [6, 6.07) is 4.03. The maximum absolute atomic E-state index is 4.11. The van der Waals surface area contributed by atoms with Gasteiger partial charge in [0, 0.05) is 38.2 Å². The molecule has 2 aromatic rings. The van der Waals surface area contributed by atoms with Crippen LogP contribution in [0.15, 0.2) is 68.6 Å². The highest BCUT2D eigenvalue weighted by atomic mass is 79.9. The third-order valence-electron chi connectivity index (χ3n) is 2.52. The van der Waals surface area contributed by atoms with Crippen LogP contribution in [0.3, 0.4) is 0 Å². The molecule has 2 heterocycles. The third kappa shape index (κ3) is 4.96. The normalized spacial score (nSPS) is 12.7. The molecular weight excluding hydrogens is 448 g/mol. The molecule has 0 aliphatic heterocycles. The SMILES string of the molecule is Brc1cncc(Br)c1.Brc1cncc(C2=CC=CC2)c1. The van der Waals surface area contributed by atoms with Crippen LogP contribution in [0.25, 0.3) is 5.57 Å². The predicted molar refractivity (Wildman–Crippen MR) is 93.3 cm³/mol. The lowest BCUT2D eigenvalue weighted by atomic mass is 10.1. The highest BCUT2D eigenvalue weighted by Gasteiger charge is 2.02. The van der Waals surface area contributed by atoms with E-state index in [1.54, 1.807) is 18.6 Å². The Kier molecular flexibility index (Phi) is 6.13. The topological polar surface area (TPSA) is 25.8 Å². The molecule has 3 rings (SSSR count). The molecule has 1 aliphatic carbocycles. The standard InChI is InChI=1S/C10H8BrN.C5H3Br2N/c11-10-5-9(6-12-7-10)8-3-1-2-4-8;6-4-1-5(7)3-8-2-4/h1-3,5-7H,4H2;1-3H. The molecule has 0 N–H and O–H groups in total. The summed E-state index contributed by atoms with van der Waals surface area (Å²) in [5.41, 5.74) is 2.54. The van der Waals surface area contributed by atoms with Crippen LogP contribution >= 0.6 is 47.8 Å². The monoisotopic (exact) mass is 456 g/mol. The first kappa shape index (κ1) is 15.6. The van der Waals surface area contributed by atoms with E-state index in [1.807, 2.05) is 12.3 Å². The summed E-state index contributed by atoms with van der Waals surface area (Å²) >= 11 is 9.94. The van der Waals surface area contributed by atoms with Gasteiger partial charge in [0.25, 0.3) is 0 Å². The molecule has 0 unspecified atom stereocenters. The summed E-state index contributed by atoms with van der Waals surface area (Å²) < 4.78 is 3.02. The zero-order chi connectivity index (χ0) is 14.4. The Labute approximate surface area is 143 Å². The third-order valence-corrected chi connectivity index (χ3v) is 3.82. The number of allylic oxidation sites excluding steroid dienone is 4. The first-order valence-corrected chi connectivity index (χ1v) is 8.26. The largest absolute Gasteiger partial charge is 0.263 e. The molecule has 2 nitrogen and oxygen atoms in total. The summed E-state index contributed by atoms with van der Waals surface area (Å²) in [4.78, 5) is 8.00. The minimum Gasteiger partial charge on any atom is -0.263 e. The van der Waals surface area contributed by atoms with Crippen molar-refractivity contribution < 1.29 is 0 Å². The van der Waals surface area contributed by atoms with Gasteiger partial charge in [-0.15, -0.1) is 0 Å². The molecule has 1 aliphatic rings. The Balaban J connectivity index is 0.000000160. The molecule has 0 radical (unpaired) electrons. The second-order valence-electron chi connectivity index (χ2n) is 4.04. The molecule has 0 fully saturated rings. The van der Waals surface area contributed by atoms with Crippen molar-refractivity contribution in [3.63, 3.8) is 0 Å². The first-order chi connectivity index (χ1) is 9.65. The van der Waals surface area contributed by atoms with Crippen LogP contribution in [-0.2, 0) is 0 Å². The van der Waals surface area contributed by atoms with Crippen molar-refractivity contribution >= 4 is 53.4 Å². The second kappa shape index (κ2) is 7.86. The van der Waals surface area contributed by atoms with Gasteiger partial charge in [-0.1, -0.05) is 18.2 Å². The quantitative estimate of drug-likeness (QED) is 0.540. The van der Waals surface area contributed by atoms with Gasteiger partial charge in [0.15, 0.2) is 0 Å². The summed E-state index contributed by atoms with van der Waals surface area (Å²) in [5.74, 6) is 0. The van der Waals surface area contributed by atoms with Crippen LogP contribution < -0.4 is 0 Å². The Hall–Kier alpha value is -0.780. The molecule has 0 saturated heterocycles. The van der Waals surface area contributed by atoms with Gasteiger partial charge in [-0.3, -0.25) is 9.97 Å². The first-order valence-electron chi connectivity index (χ1n) is 5.88. The van der Waals surface area contributed by atoms with Crippen LogP contribution in [0.2, 0.25) is 0 Å². The van der Waals surface area contributed by atoms with Crippen LogP contribution in [0.5, 0.6) is 0 Å². The summed E-state index contributed by atoms with van der Waals surface area (Å²) in [6.45, 7) is 0. The van der Waals surface area contributed by atoms with E-state index in [4.69, 9.17) is 0 Å². The van der Waals surface area contributed by atoms with Gasteiger partial charge in [0.05, 0.1) is 0 Å². The van der Waals surface area contributed by atoms with Crippen molar-refractivity contribution in [1.29, 1.82) is 0 Å². The average Bonchev–Trinajstić information content (AvgIpc) is 2.93. The number of rotatable bonds is 1. The van der Waals surface area contributed by atoms with Crippen molar-refractivity contribution in [2.45, 2.75) is 6.42 Å². The molecule has 0 spiro atoms. The van der Waals surface area contributed by atoms with Crippen molar-refractivity contribution in [3.8, 4) is 0 Å². The molecule has 0 amide bonds. The van der Waals surface area contributed by atoms with E-state index in [0.29, 0.717) is 0 Å². The lowest BCUT2D eigenvalue weighted by Crippen LogP contribution is -1.82. The Morgan fingerprint density at radius 2 is 1.40 bits per heavy atom. The molecule has 20 heavy (non-hydrogen) atoms. The fraction of sp³-hybridized carbons (Fsp3) is 0.0667. The smallest absolute Gasteiger partial charge is 0.0411 e. The minimum absolute atomic E-state index is 0.992. The molecule has 0 aromatic carbocycles. The van der Waals surface area contributed by atoms with Gasteiger partial charge >= 0.3 is 0 Å². The highest BCUT2D eigenvalue weighted by molar-refractivity contribution is 9.11. The van der Waals surface area contributed by atoms with Crippen molar-refractivity contribution in [3.05, 3.63) is 74.1 Å². The number of hydrogen-bond acceptors (Lipinski definition) is 2. The van der Waals surface area contributed by atoms with Crippen molar-refractivity contribution in [2.75, 3.05) is 0 Å². The van der Waals surface area contributed by atoms with Gasteiger partial charge in [-0.2, -0.15) is 0 Å². The molecule has 0 saturated carbocycles. The zero-order valence-electron chi connectivity index (χ0n) is 10.4. The fourth-order valence-electron chi connectivity index (χ4n) is 1.63. The van der Waals surface area contributed by atoms with Crippen molar-refractivity contribution in [1.82, 2.24) is 9.97 Å². The van der Waals surface area contributed by atoms with Gasteiger partial charge in [-0.05, 0) is 77.5 Å². The summed E-state index contributed by atoms with van der Waals surface area (Å²) in [7, 11) is 0. The average molecular weight is 459 g/mol. The predicted octanol–water partition coefficient (Wildman–Crippen LogP) is 5.79. The second-order valence-corrected chi connectivity index (χ2v) is 6.78. The number of aromatic nitrogens is 2. The van der Waals surface area contributed by atoms with E-state index in [1.165, 1.54) is 11.1 Å². The molecular formula is C15H11Br3N2. The van der Waals surface area contributed by atoms with Gasteiger partial charge in [0.1, 0.15) is 0 Å². The van der Waals surface area contributed by atoms with E-state index in [9.17, 15) is 0 Å². The van der Waals surface area contributed by atoms with E-state index in [2.05, 4.69) is 82.1 Å². The number of nitrogens with zero attached hydrogens (tertiary/aromatic N) is 2. The zero-order valence-corrected chi connectivity index (χ0v) is 15.2. The van der Waals surface area contributed by atoms with Crippen molar-refractivity contribution in [2.24, 2.45) is 0 Å². The minimum atomic E-state index is 0.992. The molecule has 0 bridgehead atoms. The van der Waals surface area contributed by atoms with E-state index < -0.39 is 0 Å². The van der Waals surface area contributed by atoms with Crippen LogP contribution in [0.4, 0.5) is 0 Å². The lowest BCUT2D eigenvalue weighted by molar-refractivity contribution is 1.27. The molecule has 0 atom stereocenters. The van der Waals surface area contributed by atoms with Crippen LogP contribution in [0.1, 0.15) is 12.0 Å². The van der Waals surface area contributed by atoms with Gasteiger partial charge < -0.3 is 0 Å². The number of hydrogen-bond donors (Lipinski definition) is 0. The highest BCUT2D eigenvalue weighted by Crippen LogP contribution is 2.24. The molecule has 5 heteroatoms. The maximum Gasteiger partial charge on any atom is 0.0411 e. The van der Waals surface area contributed by atoms with Gasteiger partial charge in [-0.25, -0.2) is 0 Å². The van der Waals surface area contributed by atoms with Crippen LogP contribution in [0, 0.1) is 0 Å². The molecule has 102 valence electrons. The maximum atomic E-state index is 4.11. The molecule has 2 aromatic heterocycles. The fourth-order valence-corrected chi connectivity index (χ4v) is 3.04. The van der Waals surface area contributed by atoms with Gasteiger partial charge in [0.2, 0.25) is 0 Å². The number of halogens is 3. The summed E-state index contributed by atoms with van der Waals surface area (Å²) in [6.07, 6.45) is 14.6. The number of pyridine rings is 2. The van der Waals surface area contributed by atoms with E-state index in [0.717, 1.165) is 19.8 Å². The lowest BCUT2D eigenvalue weighted by Gasteiger charge is -2.00. The Morgan fingerprint density at radius 1 is 0.800 bits per heavy atom. The Bertz CT molecular complexity index is 634. The Morgan fingerprint density at radius 3 is 1.85 bits per heavy atom. The summed E-state index contributed by atoms with van der Waals surface area (Å²) in [5, 5.41) is 0. The van der Waals surface area contributed by atoms with Crippen LogP contribution in [-0.4, -0.2) is 9.97 Å². The van der Waals surface area contributed by atoms with E-state index >= 15 is 0 Å². The van der Waals surface area contributed by atoms with E-state index in [-0.39, 0.29) is 0 Å².